The number of fused-ring (bicyclic) bond motifs is 1. The minimum Gasteiger partial charge on any atom is -0.460 e. The van der Waals surface area contributed by atoms with Gasteiger partial charge in [0.15, 0.2) is 0 Å². The summed E-state index contributed by atoms with van der Waals surface area (Å²) in [4.78, 5) is 2.57. The van der Waals surface area contributed by atoms with Gasteiger partial charge in [-0.05, 0) is 51.0 Å². The first-order chi connectivity index (χ1) is 9.85. The number of hydrogen-bond acceptors (Lipinski definition) is 3. The standard InChI is InChI=1S/C17H24N2O/c1-2-9-19-10-7-15(8-11-19)18-13-16-12-14-5-3-4-6-17(14)20-16/h3-6,12,15,18H,2,7-11,13H2,1H3. The van der Waals surface area contributed by atoms with Crippen LogP contribution in [0.2, 0.25) is 0 Å². The molecule has 1 aliphatic heterocycles. The summed E-state index contributed by atoms with van der Waals surface area (Å²) >= 11 is 0. The Labute approximate surface area is 120 Å². The van der Waals surface area contributed by atoms with Crippen molar-refractivity contribution in [1.82, 2.24) is 10.2 Å². The van der Waals surface area contributed by atoms with E-state index in [4.69, 9.17) is 4.42 Å². The first-order valence-electron chi connectivity index (χ1n) is 7.78. The van der Waals surface area contributed by atoms with Gasteiger partial charge in [0, 0.05) is 11.4 Å². The maximum absolute atomic E-state index is 5.85. The Hall–Kier alpha value is -1.32. The van der Waals surface area contributed by atoms with E-state index >= 15 is 0 Å². The molecule has 0 atom stereocenters. The highest BCUT2D eigenvalue weighted by molar-refractivity contribution is 5.77. The molecule has 1 saturated heterocycles. The van der Waals surface area contributed by atoms with Gasteiger partial charge in [-0.2, -0.15) is 0 Å². The number of nitrogens with one attached hydrogen (secondary N) is 1. The fraction of sp³-hybridized carbons (Fsp3) is 0.529. The van der Waals surface area contributed by atoms with Crippen LogP contribution >= 0.6 is 0 Å². The minimum atomic E-state index is 0.635. The summed E-state index contributed by atoms with van der Waals surface area (Å²) in [5.74, 6) is 1.04. The maximum Gasteiger partial charge on any atom is 0.134 e. The molecule has 2 aromatic rings. The van der Waals surface area contributed by atoms with Gasteiger partial charge < -0.3 is 14.6 Å². The molecule has 108 valence electrons. The zero-order valence-electron chi connectivity index (χ0n) is 12.3. The third-order valence-corrected chi connectivity index (χ3v) is 4.17. The summed E-state index contributed by atoms with van der Waals surface area (Å²) in [6.45, 7) is 6.80. The quantitative estimate of drug-likeness (QED) is 0.904. The Bertz CT molecular complexity index is 508. The van der Waals surface area contributed by atoms with Crippen molar-refractivity contribution in [2.75, 3.05) is 19.6 Å². The zero-order valence-corrected chi connectivity index (χ0v) is 12.3. The molecule has 3 nitrogen and oxygen atoms in total. The van der Waals surface area contributed by atoms with E-state index in [1.807, 2.05) is 12.1 Å². The Morgan fingerprint density at radius 2 is 2.05 bits per heavy atom. The fourth-order valence-electron chi connectivity index (χ4n) is 3.05. The van der Waals surface area contributed by atoms with E-state index in [1.54, 1.807) is 0 Å². The van der Waals surface area contributed by atoms with Crippen LogP contribution in [0.5, 0.6) is 0 Å². The van der Waals surface area contributed by atoms with Crippen molar-refractivity contribution in [2.45, 2.75) is 38.8 Å². The van der Waals surface area contributed by atoms with Gasteiger partial charge in [-0.15, -0.1) is 0 Å². The lowest BCUT2D eigenvalue weighted by molar-refractivity contribution is 0.196. The van der Waals surface area contributed by atoms with Gasteiger partial charge in [-0.1, -0.05) is 25.1 Å². The third-order valence-electron chi connectivity index (χ3n) is 4.17. The number of likely N-dealkylation sites (tertiary alicyclic amines) is 1. The zero-order chi connectivity index (χ0) is 13.8. The Kier molecular flexibility index (Phi) is 4.38. The highest BCUT2D eigenvalue weighted by atomic mass is 16.3. The Morgan fingerprint density at radius 3 is 2.80 bits per heavy atom. The molecule has 2 heterocycles. The Balaban J connectivity index is 1.50. The summed E-state index contributed by atoms with van der Waals surface area (Å²) in [5.41, 5.74) is 0.988. The number of piperidine rings is 1. The molecule has 0 unspecified atom stereocenters. The first kappa shape index (κ1) is 13.7. The van der Waals surface area contributed by atoms with Crippen molar-refractivity contribution >= 4 is 11.0 Å². The second-order valence-electron chi connectivity index (χ2n) is 5.75. The number of para-hydroxylation sites is 1. The lowest BCUT2D eigenvalue weighted by Gasteiger charge is -2.32. The molecule has 3 heteroatoms. The molecule has 1 aliphatic rings. The van der Waals surface area contributed by atoms with Crippen molar-refractivity contribution < 1.29 is 4.42 Å². The summed E-state index contributed by atoms with van der Waals surface area (Å²) in [5, 5.41) is 4.84. The number of rotatable bonds is 5. The summed E-state index contributed by atoms with van der Waals surface area (Å²) in [6.07, 6.45) is 3.76. The van der Waals surface area contributed by atoms with Crippen LogP contribution in [0.4, 0.5) is 0 Å². The second kappa shape index (κ2) is 6.42. The molecule has 0 spiro atoms. The van der Waals surface area contributed by atoms with E-state index < -0.39 is 0 Å². The van der Waals surface area contributed by atoms with Gasteiger partial charge in [0.1, 0.15) is 11.3 Å². The van der Waals surface area contributed by atoms with E-state index in [0.29, 0.717) is 6.04 Å². The molecule has 0 amide bonds. The summed E-state index contributed by atoms with van der Waals surface area (Å²) in [6, 6.07) is 11.0. The van der Waals surface area contributed by atoms with Crippen LogP contribution in [0, 0.1) is 0 Å². The van der Waals surface area contributed by atoms with Crippen molar-refractivity contribution in [1.29, 1.82) is 0 Å². The molecular weight excluding hydrogens is 248 g/mol. The SMILES string of the molecule is CCCN1CCC(NCc2cc3ccccc3o2)CC1. The minimum absolute atomic E-state index is 0.635. The van der Waals surface area contributed by atoms with Gasteiger partial charge in [0.2, 0.25) is 0 Å². The molecule has 0 aliphatic carbocycles. The van der Waals surface area contributed by atoms with Gasteiger partial charge in [-0.25, -0.2) is 0 Å². The second-order valence-corrected chi connectivity index (χ2v) is 5.75. The third kappa shape index (κ3) is 3.22. The molecule has 0 radical (unpaired) electrons. The topological polar surface area (TPSA) is 28.4 Å². The highest BCUT2D eigenvalue weighted by Gasteiger charge is 2.18. The van der Waals surface area contributed by atoms with Crippen molar-refractivity contribution in [2.24, 2.45) is 0 Å². The van der Waals surface area contributed by atoms with Crippen LogP contribution in [-0.2, 0) is 6.54 Å². The van der Waals surface area contributed by atoms with Crippen LogP contribution < -0.4 is 5.32 Å². The smallest absolute Gasteiger partial charge is 0.134 e. The van der Waals surface area contributed by atoms with Crippen molar-refractivity contribution in [3.63, 3.8) is 0 Å². The highest BCUT2D eigenvalue weighted by Crippen LogP contribution is 2.19. The van der Waals surface area contributed by atoms with Crippen LogP contribution in [0.3, 0.4) is 0 Å². The largest absolute Gasteiger partial charge is 0.460 e. The van der Waals surface area contributed by atoms with Gasteiger partial charge in [-0.3, -0.25) is 0 Å². The molecule has 1 N–H and O–H groups in total. The molecular formula is C17H24N2O. The lowest BCUT2D eigenvalue weighted by atomic mass is 10.0. The van der Waals surface area contributed by atoms with E-state index in [9.17, 15) is 0 Å². The monoisotopic (exact) mass is 272 g/mol. The van der Waals surface area contributed by atoms with Gasteiger partial charge in [0.25, 0.3) is 0 Å². The van der Waals surface area contributed by atoms with Crippen molar-refractivity contribution in [3.05, 3.63) is 36.1 Å². The van der Waals surface area contributed by atoms with Crippen LogP contribution in [0.1, 0.15) is 31.9 Å². The van der Waals surface area contributed by atoms with Crippen molar-refractivity contribution in [3.8, 4) is 0 Å². The summed E-state index contributed by atoms with van der Waals surface area (Å²) < 4.78 is 5.85. The molecule has 3 rings (SSSR count). The van der Waals surface area contributed by atoms with E-state index in [-0.39, 0.29) is 0 Å². The molecule has 0 saturated carbocycles. The molecule has 0 bridgehead atoms. The number of furan rings is 1. The predicted octanol–water partition coefficient (Wildman–Crippen LogP) is 3.40. The molecule has 1 fully saturated rings. The number of nitrogens with zero attached hydrogens (tertiary/aromatic N) is 1. The average Bonchev–Trinajstić information content (AvgIpc) is 2.90. The molecule has 1 aromatic carbocycles. The molecule has 20 heavy (non-hydrogen) atoms. The fourth-order valence-corrected chi connectivity index (χ4v) is 3.05. The van der Waals surface area contributed by atoms with Crippen LogP contribution in [0.25, 0.3) is 11.0 Å². The predicted molar refractivity (Wildman–Crippen MR) is 82.8 cm³/mol. The normalized spacial score (nSPS) is 17.9. The lowest BCUT2D eigenvalue weighted by Crippen LogP contribution is -2.42. The first-order valence-corrected chi connectivity index (χ1v) is 7.78. The van der Waals surface area contributed by atoms with Crippen LogP contribution in [0.15, 0.2) is 34.7 Å². The Morgan fingerprint density at radius 1 is 1.25 bits per heavy atom. The average molecular weight is 272 g/mol. The van der Waals surface area contributed by atoms with E-state index in [2.05, 4.69) is 35.3 Å². The van der Waals surface area contributed by atoms with Gasteiger partial charge in [0.05, 0.1) is 6.54 Å². The van der Waals surface area contributed by atoms with Gasteiger partial charge >= 0.3 is 0 Å². The number of hydrogen-bond donors (Lipinski definition) is 1. The van der Waals surface area contributed by atoms with E-state index in [0.717, 1.165) is 17.9 Å². The van der Waals surface area contributed by atoms with E-state index in [1.165, 1.54) is 44.3 Å². The molecule has 1 aromatic heterocycles. The number of benzene rings is 1. The van der Waals surface area contributed by atoms with Crippen LogP contribution in [-0.4, -0.2) is 30.6 Å². The maximum atomic E-state index is 5.85. The summed E-state index contributed by atoms with van der Waals surface area (Å²) in [7, 11) is 0.